The second kappa shape index (κ2) is 7.20. The topological polar surface area (TPSA) is 54.4 Å². The molecule has 0 aliphatic carbocycles. The van der Waals surface area contributed by atoms with Gasteiger partial charge in [0.05, 0.1) is 36.9 Å². The van der Waals surface area contributed by atoms with Gasteiger partial charge in [-0.25, -0.2) is 0 Å². The number of Topliss-reactive ketones (excluding diaryl/α,β-unsaturated/α-hetero) is 1. The van der Waals surface area contributed by atoms with Gasteiger partial charge in [-0.15, -0.1) is 0 Å². The van der Waals surface area contributed by atoms with Gasteiger partial charge < -0.3 is 19.3 Å². The lowest BCUT2D eigenvalue weighted by molar-refractivity contribution is -0.118. The minimum atomic E-state index is -0.788. The van der Waals surface area contributed by atoms with Gasteiger partial charge in [-0.05, 0) is 25.5 Å². The number of fused-ring (bicyclic) bond motifs is 1. The summed E-state index contributed by atoms with van der Waals surface area (Å²) in [6.07, 6.45) is 0.653. The van der Waals surface area contributed by atoms with Gasteiger partial charge in [0.2, 0.25) is 0 Å². The van der Waals surface area contributed by atoms with E-state index in [1.54, 1.807) is 14.2 Å². The molecule has 6 heteroatoms. The summed E-state index contributed by atoms with van der Waals surface area (Å²) >= 11 is 0. The van der Waals surface area contributed by atoms with Gasteiger partial charge in [0.15, 0.2) is 5.78 Å². The molecule has 0 bridgehead atoms. The minimum absolute atomic E-state index is 0.0551. The molecule has 0 fully saturated rings. The lowest BCUT2D eigenvalue weighted by atomic mass is 9.92. The van der Waals surface area contributed by atoms with Gasteiger partial charge in [-0.3, -0.25) is 9.79 Å². The second-order valence-electron chi connectivity index (χ2n) is 8.25. The Hall–Kier alpha value is -3.28. The van der Waals surface area contributed by atoms with Crippen molar-refractivity contribution in [3.63, 3.8) is 0 Å². The Morgan fingerprint density at radius 3 is 2.23 bits per heavy atom. The van der Waals surface area contributed by atoms with E-state index >= 15 is 0 Å². The Balaban J connectivity index is 1.90. The lowest BCUT2D eigenvalue weighted by Crippen LogP contribution is -2.46. The van der Waals surface area contributed by atoms with Gasteiger partial charge in [-0.2, -0.15) is 0 Å². The highest BCUT2D eigenvalue weighted by Crippen LogP contribution is 2.43. The molecule has 0 unspecified atom stereocenters. The highest BCUT2D eigenvalue weighted by atomic mass is 16.5. The average Bonchev–Trinajstić information content (AvgIpc) is 3.24. The van der Waals surface area contributed by atoms with Crippen LogP contribution in [-0.2, 0) is 11.2 Å². The van der Waals surface area contributed by atoms with E-state index in [1.165, 1.54) is 0 Å². The van der Waals surface area contributed by atoms with Crippen LogP contribution in [0.5, 0.6) is 11.5 Å². The Labute approximate surface area is 177 Å². The molecule has 0 amide bonds. The largest absolute Gasteiger partial charge is 0.497 e. The van der Waals surface area contributed by atoms with Crippen molar-refractivity contribution in [3.05, 3.63) is 59.4 Å². The minimum Gasteiger partial charge on any atom is -0.497 e. The summed E-state index contributed by atoms with van der Waals surface area (Å²) in [5.41, 5.74) is 3.61. The number of benzene rings is 2. The van der Waals surface area contributed by atoms with Gasteiger partial charge in [0.25, 0.3) is 0 Å². The maximum atomic E-state index is 13.7. The first kappa shape index (κ1) is 20.0. The number of carbonyl (C=O) groups is 1. The van der Waals surface area contributed by atoms with Crippen LogP contribution < -0.4 is 14.4 Å². The summed E-state index contributed by atoms with van der Waals surface area (Å²) < 4.78 is 10.9. The molecular formula is C24H27N3O3. The molecule has 6 nitrogen and oxygen atoms in total. The zero-order valence-corrected chi connectivity index (χ0v) is 18.3. The molecule has 0 atom stereocenters. The third-order valence-electron chi connectivity index (χ3n) is 5.69. The molecular weight excluding hydrogens is 378 g/mol. The van der Waals surface area contributed by atoms with Crippen molar-refractivity contribution in [2.24, 2.45) is 4.99 Å². The van der Waals surface area contributed by atoms with E-state index in [-0.39, 0.29) is 5.78 Å². The number of carbonyl (C=O) groups excluding carboxylic acids is 1. The summed E-state index contributed by atoms with van der Waals surface area (Å²) in [5.74, 6) is 2.22. The SMILES string of the molecule is COc1cc(OC)cc(N2C(N(C)C)=C(C3=Nc4ccccc4C3)C(=O)C2(C)C)c1. The molecule has 4 rings (SSSR count). The predicted octanol–water partition coefficient (Wildman–Crippen LogP) is 3.97. The summed E-state index contributed by atoms with van der Waals surface area (Å²) in [6, 6.07) is 13.7. The lowest BCUT2D eigenvalue weighted by Gasteiger charge is -2.37. The van der Waals surface area contributed by atoms with E-state index < -0.39 is 5.54 Å². The summed E-state index contributed by atoms with van der Waals surface area (Å²) in [5, 5.41) is 0. The molecule has 2 aromatic rings. The molecule has 0 saturated heterocycles. The molecule has 0 N–H and O–H groups in total. The smallest absolute Gasteiger partial charge is 0.193 e. The fraction of sp³-hybridized carbons (Fsp3) is 0.333. The molecule has 156 valence electrons. The molecule has 30 heavy (non-hydrogen) atoms. The fourth-order valence-corrected chi connectivity index (χ4v) is 4.21. The van der Waals surface area contributed by atoms with Gasteiger partial charge in [-0.1, -0.05) is 18.2 Å². The molecule has 0 spiro atoms. The Bertz CT molecular complexity index is 1060. The van der Waals surface area contributed by atoms with E-state index in [4.69, 9.17) is 14.5 Å². The standard InChI is InChI=1S/C24H27N3O3/c1-24(2)22(28)21(20-11-15-9-7-8-10-19(15)25-20)23(26(3)4)27(24)16-12-17(29-5)14-18(13-16)30-6/h7-10,12-14H,11H2,1-6H3. The molecule has 2 aliphatic rings. The van der Waals surface area contributed by atoms with Crippen LogP contribution in [0.25, 0.3) is 0 Å². The van der Waals surface area contributed by atoms with Crippen LogP contribution in [0.2, 0.25) is 0 Å². The summed E-state index contributed by atoms with van der Waals surface area (Å²) in [6.45, 7) is 3.89. The number of hydrogen-bond donors (Lipinski definition) is 0. The monoisotopic (exact) mass is 405 g/mol. The van der Waals surface area contributed by atoms with Gasteiger partial charge >= 0.3 is 0 Å². The zero-order chi connectivity index (χ0) is 21.6. The number of methoxy groups -OCH3 is 2. The third-order valence-corrected chi connectivity index (χ3v) is 5.69. The number of ketones is 1. The van der Waals surface area contributed by atoms with Crippen molar-refractivity contribution in [3.8, 4) is 11.5 Å². The van der Waals surface area contributed by atoms with Crippen LogP contribution in [0.15, 0.2) is 58.9 Å². The van der Waals surface area contributed by atoms with Crippen molar-refractivity contribution in [1.82, 2.24) is 4.90 Å². The molecule has 0 radical (unpaired) electrons. The number of anilines is 1. The number of rotatable bonds is 5. The Morgan fingerprint density at radius 1 is 1.03 bits per heavy atom. The zero-order valence-electron chi connectivity index (χ0n) is 18.3. The van der Waals surface area contributed by atoms with Crippen LogP contribution in [-0.4, -0.2) is 50.2 Å². The van der Waals surface area contributed by atoms with Crippen LogP contribution in [0.3, 0.4) is 0 Å². The summed E-state index contributed by atoms with van der Waals surface area (Å²) in [7, 11) is 7.16. The number of ether oxygens (including phenoxy) is 2. The van der Waals surface area contributed by atoms with Crippen molar-refractivity contribution in [2.75, 3.05) is 33.2 Å². The van der Waals surface area contributed by atoms with E-state index in [9.17, 15) is 4.79 Å². The van der Waals surface area contributed by atoms with Crippen molar-refractivity contribution < 1.29 is 14.3 Å². The van der Waals surface area contributed by atoms with Gasteiger partial charge in [0, 0.05) is 38.7 Å². The van der Waals surface area contributed by atoms with E-state index in [2.05, 4.69) is 11.0 Å². The average molecular weight is 405 g/mol. The molecule has 2 aliphatic heterocycles. The van der Waals surface area contributed by atoms with Crippen LogP contribution in [0.1, 0.15) is 19.4 Å². The molecule has 0 saturated carbocycles. The number of nitrogens with zero attached hydrogens (tertiary/aromatic N) is 3. The first-order chi connectivity index (χ1) is 14.3. The van der Waals surface area contributed by atoms with E-state index in [1.807, 2.05) is 69.2 Å². The second-order valence-corrected chi connectivity index (χ2v) is 8.25. The molecule has 2 heterocycles. The first-order valence-corrected chi connectivity index (χ1v) is 9.93. The van der Waals surface area contributed by atoms with Crippen molar-refractivity contribution >= 4 is 22.9 Å². The fourth-order valence-electron chi connectivity index (χ4n) is 4.21. The van der Waals surface area contributed by atoms with Crippen molar-refractivity contribution in [1.29, 1.82) is 0 Å². The number of aliphatic imine (C=N–C) groups is 1. The highest BCUT2D eigenvalue weighted by Gasteiger charge is 2.49. The third kappa shape index (κ3) is 3.03. The van der Waals surface area contributed by atoms with E-state index in [0.29, 0.717) is 23.5 Å². The maximum Gasteiger partial charge on any atom is 0.193 e. The summed E-state index contributed by atoms with van der Waals surface area (Å²) in [4.78, 5) is 22.6. The Kier molecular flexibility index (Phi) is 4.80. The molecule has 2 aromatic carbocycles. The van der Waals surface area contributed by atoms with Crippen LogP contribution in [0.4, 0.5) is 11.4 Å². The molecule has 0 aromatic heterocycles. The van der Waals surface area contributed by atoms with Crippen molar-refractivity contribution in [2.45, 2.75) is 25.8 Å². The quantitative estimate of drug-likeness (QED) is 0.753. The highest BCUT2D eigenvalue weighted by molar-refractivity contribution is 6.30. The predicted molar refractivity (Wildman–Crippen MR) is 119 cm³/mol. The first-order valence-electron chi connectivity index (χ1n) is 9.93. The van der Waals surface area contributed by atoms with Gasteiger partial charge in [0.1, 0.15) is 22.9 Å². The number of para-hydroxylation sites is 1. The van der Waals surface area contributed by atoms with E-state index in [0.717, 1.165) is 28.5 Å². The Morgan fingerprint density at radius 2 is 1.67 bits per heavy atom. The van der Waals surface area contributed by atoms with Crippen LogP contribution >= 0.6 is 0 Å². The maximum absolute atomic E-state index is 13.7. The normalized spacial score (nSPS) is 17.2. The van der Waals surface area contributed by atoms with Crippen LogP contribution in [0, 0.1) is 0 Å². The number of hydrogen-bond acceptors (Lipinski definition) is 6.